The average Bonchev–Trinajstić information content (AvgIpc) is 2.25. The lowest BCUT2D eigenvalue weighted by Gasteiger charge is -2.20. The molecule has 1 unspecified atom stereocenters. The standard InChI is InChI=1S/C12H23NO3/c1-4-6-7-8-10(14)13-11(12(15)16)9(3)5-2/h9,11H,4-8H2,1-3H3,(H,13,14)(H,15,16)/t9?,11-/m0/s1. The van der Waals surface area contributed by atoms with Gasteiger partial charge < -0.3 is 10.4 Å². The molecule has 2 N–H and O–H groups in total. The van der Waals surface area contributed by atoms with Crippen molar-refractivity contribution in [2.45, 2.75) is 58.9 Å². The zero-order valence-electron chi connectivity index (χ0n) is 10.5. The summed E-state index contributed by atoms with van der Waals surface area (Å²) in [5.74, 6) is -1.13. The molecule has 0 heterocycles. The molecule has 4 heteroatoms. The van der Waals surface area contributed by atoms with Gasteiger partial charge in [-0.3, -0.25) is 4.79 Å². The zero-order chi connectivity index (χ0) is 12.6. The Morgan fingerprint density at radius 2 is 1.88 bits per heavy atom. The molecule has 0 rings (SSSR count). The van der Waals surface area contributed by atoms with Crippen LogP contribution in [0.2, 0.25) is 0 Å². The molecule has 0 saturated heterocycles. The molecule has 0 aromatic heterocycles. The van der Waals surface area contributed by atoms with Crippen LogP contribution in [-0.2, 0) is 9.59 Å². The second kappa shape index (κ2) is 8.13. The minimum Gasteiger partial charge on any atom is -0.480 e. The third-order valence-corrected chi connectivity index (χ3v) is 2.80. The fraction of sp³-hybridized carbons (Fsp3) is 0.833. The Morgan fingerprint density at radius 1 is 1.25 bits per heavy atom. The number of carbonyl (C=O) groups excluding carboxylic acids is 1. The summed E-state index contributed by atoms with van der Waals surface area (Å²) >= 11 is 0. The van der Waals surface area contributed by atoms with Gasteiger partial charge in [0.15, 0.2) is 0 Å². The average molecular weight is 229 g/mol. The zero-order valence-corrected chi connectivity index (χ0v) is 10.5. The lowest BCUT2D eigenvalue weighted by atomic mass is 9.99. The number of unbranched alkanes of at least 4 members (excludes halogenated alkanes) is 2. The number of hydrogen-bond donors (Lipinski definition) is 2. The number of hydrogen-bond acceptors (Lipinski definition) is 2. The Bertz CT molecular complexity index is 228. The first-order chi connectivity index (χ1) is 7.52. The fourth-order valence-electron chi connectivity index (χ4n) is 1.46. The molecular weight excluding hydrogens is 206 g/mol. The van der Waals surface area contributed by atoms with E-state index in [9.17, 15) is 9.59 Å². The molecule has 1 amide bonds. The second-order valence-electron chi connectivity index (χ2n) is 4.23. The normalized spacial score (nSPS) is 14.2. The molecule has 0 radical (unpaired) electrons. The van der Waals surface area contributed by atoms with Gasteiger partial charge in [0, 0.05) is 6.42 Å². The van der Waals surface area contributed by atoms with Gasteiger partial charge in [-0.1, -0.05) is 40.0 Å². The number of carboxylic acid groups (broad SMARTS) is 1. The van der Waals surface area contributed by atoms with Gasteiger partial charge in [0.05, 0.1) is 0 Å². The van der Waals surface area contributed by atoms with Crippen molar-refractivity contribution in [2.75, 3.05) is 0 Å². The number of amides is 1. The molecule has 16 heavy (non-hydrogen) atoms. The summed E-state index contributed by atoms with van der Waals surface area (Å²) in [5.41, 5.74) is 0. The first-order valence-corrected chi connectivity index (χ1v) is 6.05. The van der Waals surface area contributed by atoms with E-state index in [1.165, 1.54) is 0 Å². The first kappa shape index (κ1) is 14.9. The van der Waals surface area contributed by atoms with E-state index >= 15 is 0 Å². The topological polar surface area (TPSA) is 66.4 Å². The Kier molecular flexibility index (Phi) is 7.60. The second-order valence-corrected chi connectivity index (χ2v) is 4.23. The van der Waals surface area contributed by atoms with Crippen molar-refractivity contribution in [2.24, 2.45) is 5.92 Å². The molecule has 0 fully saturated rings. The van der Waals surface area contributed by atoms with Crippen LogP contribution in [0.15, 0.2) is 0 Å². The minimum atomic E-state index is -0.946. The molecule has 0 aliphatic rings. The molecule has 0 bridgehead atoms. The van der Waals surface area contributed by atoms with Crippen LogP contribution in [0.1, 0.15) is 52.9 Å². The summed E-state index contributed by atoms with van der Waals surface area (Å²) in [6, 6.07) is -0.751. The molecule has 0 aromatic rings. The Balaban J connectivity index is 4.09. The van der Waals surface area contributed by atoms with Crippen molar-refractivity contribution in [3.63, 3.8) is 0 Å². The predicted octanol–water partition coefficient (Wildman–Crippen LogP) is 2.18. The van der Waals surface area contributed by atoms with Crippen LogP contribution in [0, 0.1) is 5.92 Å². The van der Waals surface area contributed by atoms with Gasteiger partial charge >= 0.3 is 5.97 Å². The Labute approximate surface area is 97.4 Å². The van der Waals surface area contributed by atoms with Crippen LogP contribution in [0.4, 0.5) is 0 Å². The molecule has 0 aliphatic heterocycles. The lowest BCUT2D eigenvalue weighted by molar-refractivity contribution is -0.143. The summed E-state index contributed by atoms with van der Waals surface area (Å²) in [6.07, 6.45) is 4.06. The van der Waals surface area contributed by atoms with Crippen molar-refractivity contribution in [3.8, 4) is 0 Å². The number of nitrogens with one attached hydrogen (secondary N) is 1. The maximum absolute atomic E-state index is 11.5. The summed E-state index contributed by atoms with van der Waals surface area (Å²) in [7, 11) is 0. The fourth-order valence-corrected chi connectivity index (χ4v) is 1.46. The highest BCUT2D eigenvalue weighted by molar-refractivity contribution is 5.83. The molecule has 2 atom stereocenters. The molecule has 0 saturated carbocycles. The van der Waals surface area contributed by atoms with Crippen LogP contribution >= 0.6 is 0 Å². The monoisotopic (exact) mass is 229 g/mol. The maximum atomic E-state index is 11.5. The number of carbonyl (C=O) groups is 2. The third kappa shape index (κ3) is 5.73. The molecule has 0 aliphatic carbocycles. The van der Waals surface area contributed by atoms with E-state index in [0.717, 1.165) is 25.7 Å². The molecule has 0 spiro atoms. The van der Waals surface area contributed by atoms with Crippen LogP contribution in [-0.4, -0.2) is 23.0 Å². The molecule has 94 valence electrons. The van der Waals surface area contributed by atoms with E-state index in [-0.39, 0.29) is 11.8 Å². The number of rotatable bonds is 8. The third-order valence-electron chi connectivity index (χ3n) is 2.80. The van der Waals surface area contributed by atoms with E-state index in [4.69, 9.17) is 5.11 Å². The highest BCUT2D eigenvalue weighted by Crippen LogP contribution is 2.08. The van der Waals surface area contributed by atoms with Crippen molar-refractivity contribution in [1.29, 1.82) is 0 Å². The highest BCUT2D eigenvalue weighted by atomic mass is 16.4. The van der Waals surface area contributed by atoms with Gasteiger partial charge in [0.2, 0.25) is 5.91 Å². The van der Waals surface area contributed by atoms with Crippen LogP contribution in [0.25, 0.3) is 0 Å². The smallest absolute Gasteiger partial charge is 0.326 e. The Hall–Kier alpha value is -1.06. The molecule has 4 nitrogen and oxygen atoms in total. The van der Waals surface area contributed by atoms with Gasteiger partial charge in [-0.25, -0.2) is 4.79 Å². The summed E-state index contributed by atoms with van der Waals surface area (Å²) in [6.45, 7) is 5.83. The first-order valence-electron chi connectivity index (χ1n) is 6.05. The van der Waals surface area contributed by atoms with Gasteiger partial charge in [0.25, 0.3) is 0 Å². The van der Waals surface area contributed by atoms with Crippen LogP contribution in [0.3, 0.4) is 0 Å². The van der Waals surface area contributed by atoms with E-state index in [1.807, 2.05) is 13.8 Å². The van der Waals surface area contributed by atoms with Crippen LogP contribution in [0.5, 0.6) is 0 Å². The quantitative estimate of drug-likeness (QED) is 0.627. The highest BCUT2D eigenvalue weighted by Gasteiger charge is 2.24. The van der Waals surface area contributed by atoms with Gasteiger partial charge in [-0.05, 0) is 12.3 Å². The summed E-state index contributed by atoms with van der Waals surface area (Å²) < 4.78 is 0. The minimum absolute atomic E-state index is 0.0346. The summed E-state index contributed by atoms with van der Waals surface area (Å²) in [5, 5.41) is 11.6. The number of aliphatic carboxylic acids is 1. The van der Waals surface area contributed by atoms with E-state index in [1.54, 1.807) is 0 Å². The molecule has 0 aromatic carbocycles. The van der Waals surface area contributed by atoms with Gasteiger partial charge in [0.1, 0.15) is 6.04 Å². The van der Waals surface area contributed by atoms with E-state index in [2.05, 4.69) is 12.2 Å². The van der Waals surface area contributed by atoms with Crippen molar-refractivity contribution in [1.82, 2.24) is 5.32 Å². The lowest BCUT2D eigenvalue weighted by Crippen LogP contribution is -2.44. The Morgan fingerprint density at radius 3 is 2.31 bits per heavy atom. The van der Waals surface area contributed by atoms with Crippen molar-refractivity contribution in [3.05, 3.63) is 0 Å². The largest absolute Gasteiger partial charge is 0.480 e. The van der Waals surface area contributed by atoms with Gasteiger partial charge in [-0.15, -0.1) is 0 Å². The summed E-state index contributed by atoms with van der Waals surface area (Å²) in [4.78, 5) is 22.4. The van der Waals surface area contributed by atoms with E-state index in [0.29, 0.717) is 6.42 Å². The van der Waals surface area contributed by atoms with Crippen LogP contribution < -0.4 is 5.32 Å². The SMILES string of the molecule is CCCCCC(=O)N[C@H](C(=O)O)C(C)CC. The number of carboxylic acids is 1. The predicted molar refractivity (Wildman–Crippen MR) is 63.2 cm³/mol. The van der Waals surface area contributed by atoms with E-state index < -0.39 is 12.0 Å². The molecular formula is C12H23NO3. The van der Waals surface area contributed by atoms with Crippen molar-refractivity contribution >= 4 is 11.9 Å². The maximum Gasteiger partial charge on any atom is 0.326 e. The van der Waals surface area contributed by atoms with Crippen molar-refractivity contribution < 1.29 is 14.7 Å². The van der Waals surface area contributed by atoms with Gasteiger partial charge in [-0.2, -0.15) is 0 Å².